The monoisotopic (exact) mass is 546 g/mol. The smallest absolute Gasteiger partial charge is 0.190 e. The first kappa shape index (κ1) is 26.8. The summed E-state index contributed by atoms with van der Waals surface area (Å²) in [7, 11) is 0. The minimum atomic E-state index is -0.261. The zero-order chi connectivity index (χ0) is 24.7. The summed E-state index contributed by atoms with van der Waals surface area (Å²) in [5.74, 6) is 0.342. The topological polar surface area (TPSA) is 90.9 Å². The van der Waals surface area contributed by atoms with Crippen LogP contribution < -0.4 is 0 Å². The van der Waals surface area contributed by atoms with Crippen LogP contribution in [0.4, 0.5) is 0 Å². The number of hydrogen-bond acceptors (Lipinski definition) is 6. The third-order valence-electron chi connectivity index (χ3n) is 7.46. The number of benzene rings is 1. The van der Waals surface area contributed by atoms with Crippen LogP contribution in [0.2, 0.25) is 10.0 Å². The van der Waals surface area contributed by atoms with Gasteiger partial charge in [-0.05, 0) is 68.3 Å². The zero-order valence-electron chi connectivity index (χ0n) is 20.2. The molecule has 10 heteroatoms. The molecule has 7 nitrogen and oxygen atoms in total. The molecule has 0 amide bonds. The highest BCUT2D eigenvalue weighted by Gasteiger charge is 2.34. The van der Waals surface area contributed by atoms with Crippen molar-refractivity contribution in [2.24, 2.45) is 5.92 Å². The van der Waals surface area contributed by atoms with Gasteiger partial charge in [0.1, 0.15) is 11.6 Å². The molecule has 190 valence electrons. The number of halogens is 3. The fraction of sp³-hybridized carbons (Fsp3) is 0.462. The van der Waals surface area contributed by atoms with E-state index in [1.165, 1.54) is 0 Å². The fourth-order valence-electron chi connectivity index (χ4n) is 5.63. The third kappa shape index (κ3) is 4.85. The molecule has 5 rings (SSSR count). The predicted molar refractivity (Wildman–Crippen MR) is 145 cm³/mol. The molecule has 3 aromatic rings. The molecular weight excluding hydrogens is 519 g/mol. The minimum Gasteiger partial charge on any atom is -0.395 e. The molecule has 36 heavy (non-hydrogen) atoms. The minimum absolute atomic E-state index is 0. The van der Waals surface area contributed by atoms with E-state index in [0.717, 1.165) is 49.1 Å². The number of nitriles is 1. The van der Waals surface area contributed by atoms with Gasteiger partial charge in [-0.25, -0.2) is 14.6 Å². The summed E-state index contributed by atoms with van der Waals surface area (Å²) in [5, 5.41) is 25.0. The zero-order valence-corrected chi connectivity index (χ0v) is 22.6. The summed E-state index contributed by atoms with van der Waals surface area (Å²) in [6.45, 7) is 5.49. The Labute approximate surface area is 227 Å². The molecule has 0 spiro atoms. The lowest BCUT2D eigenvalue weighted by Crippen LogP contribution is -2.45. The Morgan fingerprint density at radius 2 is 2.08 bits per heavy atom. The summed E-state index contributed by atoms with van der Waals surface area (Å²) in [5.41, 5.74) is 4.10. The van der Waals surface area contributed by atoms with E-state index in [9.17, 15) is 10.4 Å². The lowest BCUT2D eigenvalue weighted by molar-refractivity contribution is 0.0950. The molecule has 3 heterocycles. The second kappa shape index (κ2) is 11.0. The van der Waals surface area contributed by atoms with Crippen molar-refractivity contribution in [1.29, 1.82) is 5.26 Å². The van der Waals surface area contributed by atoms with Crippen molar-refractivity contribution in [1.82, 2.24) is 24.6 Å². The van der Waals surface area contributed by atoms with E-state index in [1.807, 2.05) is 13.0 Å². The number of allylic oxidation sites excluding steroid dienone is 1. The van der Waals surface area contributed by atoms with Gasteiger partial charge in [0.25, 0.3) is 0 Å². The summed E-state index contributed by atoms with van der Waals surface area (Å²) in [6.07, 6.45) is 8.17. The molecule has 1 fully saturated rings. The van der Waals surface area contributed by atoms with Gasteiger partial charge in [0.05, 0.1) is 24.5 Å². The largest absolute Gasteiger partial charge is 0.395 e. The van der Waals surface area contributed by atoms with Gasteiger partial charge in [0, 0.05) is 22.1 Å². The van der Waals surface area contributed by atoms with E-state index in [1.54, 1.807) is 23.0 Å². The molecule has 1 aromatic carbocycles. The lowest BCUT2D eigenvalue weighted by atomic mass is 9.84. The number of rotatable bonds is 5. The molecule has 1 saturated heterocycles. The Balaban J connectivity index is 0.00000304. The standard InChI is InChI=1S/C26H28Cl2N6O.ClH/c1-15-10-17(5-8-24(15)33-9-3-4-19(33)14-35)23-13-30-25-22(12-29)32-34(26(25)31-23)16(2)20-7-6-18(27)11-21(20)28;/h6-7,10-11,13,15-16,19,24,35H,3-5,8-9,14H2,1-2H3;1H/t15-,16?,19+,24+;/m1./s1. The average molecular weight is 548 g/mol. The van der Waals surface area contributed by atoms with Gasteiger partial charge in [0.15, 0.2) is 11.3 Å². The van der Waals surface area contributed by atoms with Crippen LogP contribution in [0.5, 0.6) is 0 Å². The van der Waals surface area contributed by atoms with Crippen molar-refractivity contribution in [3.63, 3.8) is 0 Å². The van der Waals surface area contributed by atoms with Crippen LogP contribution in [0.15, 0.2) is 30.5 Å². The molecule has 0 bridgehead atoms. The van der Waals surface area contributed by atoms with Crippen LogP contribution >= 0.6 is 35.6 Å². The fourth-order valence-corrected chi connectivity index (χ4v) is 6.20. The van der Waals surface area contributed by atoms with Crippen LogP contribution in [-0.4, -0.2) is 55.0 Å². The van der Waals surface area contributed by atoms with Crippen molar-refractivity contribution < 1.29 is 5.11 Å². The number of aliphatic hydroxyl groups is 1. The van der Waals surface area contributed by atoms with Crippen LogP contribution in [0.3, 0.4) is 0 Å². The van der Waals surface area contributed by atoms with Crippen molar-refractivity contribution in [2.75, 3.05) is 13.2 Å². The maximum Gasteiger partial charge on any atom is 0.190 e. The molecular formula is C26H29Cl3N6O. The first-order valence-electron chi connectivity index (χ1n) is 12.1. The van der Waals surface area contributed by atoms with Crippen molar-refractivity contribution in [3.8, 4) is 6.07 Å². The number of aromatic nitrogens is 4. The van der Waals surface area contributed by atoms with Crippen LogP contribution in [0.1, 0.15) is 62.5 Å². The second-order valence-corrected chi connectivity index (χ2v) is 10.4. The highest BCUT2D eigenvalue weighted by atomic mass is 35.5. The van der Waals surface area contributed by atoms with Crippen LogP contribution in [-0.2, 0) is 0 Å². The molecule has 1 aliphatic heterocycles. The number of fused-ring (bicyclic) bond motifs is 1. The van der Waals surface area contributed by atoms with Gasteiger partial charge < -0.3 is 5.11 Å². The third-order valence-corrected chi connectivity index (χ3v) is 8.02. The molecule has 2 aliphatic rings. The van der Waals surface area contributed by atoms with Gasteiger partial charge in [-0.1, -0.05) is 42.3 Å². The molecule has 1 unspecified atom stereocenters. The van der Waals surface area contributed by atoms with E-state index in [2.05, 4.69) is 34.1 Å². The molecule has 0 radical (unpaired) electrons. The van der Waals surface area contributed by atoms with E-state index in [4.69, 9.17) is 28.2 Å². The second-order valence-electron chi connectivity index (χ2n) is 9.55. The molecule has 2 aromatic heterocycles. The van der Waals surface area contributed by atoms with E-state index >= 15 is 0 Å². The number of likely N-dealkylation sites (tertiary alicyclic amines) is 1. The van der Waals surface area contributed by atoms with Gasteiger partial charge in [-0.3, -0.25) is 4.90 Å². The summed E-state index contributed by atoms with van der Waals surface area (Å²) >= 11 is 12.5. The maximum atomic E-state index is 9.77. The average Bonchev–Trinajstić information content (AvgIpc) is 3.47. The van der Waals surface area contributed by atoms with Gasteiger partial charge >= 0.3 is 0 Å². The number of nitrogens with zero attached hydrogens (tertiary/aromatic N) is 6. The highest BCUT2D eigenvalue weighted by molar-refractivity contribution is 6.35. The van der Waals surface area contributed by atoms with Gasteiger partial charge in [-0.15, -0.1) is 12.4 Å². The number of hydrogen-bond donors (Lipinski definition) is 1. The lowest BCUT2D eigenvalue weighted by Gasteiger charge is -2.38. The van der Waals surface area contributed by atoms with Gasteiger partial charge in [0.2, 0.25) is 0 Å². The van der Waals surface area contributed by atoms with E-state index in [0.29, 0.717) is 33.2 Å². The summed E-state index contributed by atoms with van der Waals surface area (Å²) in [6, 6.07) is 7.95. The maximum absolute atomic E-state index is 9.77. The quantitative estimate of drug-likeness (QED) is 0.442. The van der Waals surface area contributed by atoms with E-state index in [-0.39, 0.29) is 36.8 Å². The summed E-state index contributed by atoms with van der Waals surface area (Å²) < 4.78 is 1.73. The number of aliphatic hydroxyl groups excluding tert-OH is 1. The first-order chi connectivity index (χ1) is 16.9. The van der Waals surface area contributed by atoms with Crippen molar-refractivity contribution in [2.45, 2.75) is 57.7 Å². The first-order valence-corrected chi connectivity index (χ1v) is 12.8. The Hall–Kier alpha value is -2.21. The molecule has 1 N–H and O–H groups in total. The van der Waals surface area contributed by atoms with E-state index < -0.39 is 0 Å². The molecule has 1 aliphatic carbocycles. The highest BCUT2D eigenvalue weighted by Crippen LogP contribution is 2.36. The Bertz CT molecular complexity index is 1330. The molecule has 0 saturated carbocycles. The van der Waals surface area contributed by atoms with Crippen LogP contribution in [0.25, 0.3) is 16.7 Å². The van der Waals surface area contributed by atoms with Crippen molar-refractivity contribution >= 4 is 52.3 Å². The van der Waals surface area contributed by atoms with Crippen molar-refractivity contribution in [3.05, 3.63) is 57.5 Å². The van der Waals surface area contributed by atoms with Gasteiger partial charge in [-0.2, -0.15) is 10.4 Å². The SMILES string of the molecule is CC(c1ccc(Cl)cc1Cl)n1nc(C#N)c2ncc(C3=C[C@@H](C)[C@@H](N4CCC[C@H]4CO)CC3)nc21.Cl. The Morgan fingerprint density at radius 1 is 1.28 bits per heavy atom. The summed E-state index contributed by atoms with van der Waals surface area (Å²) in [4.78, 5) is 12.0. The Kier molecular flexibility index (Phi) is 8.23. The predicted octanol–water partition coefficient (Wildman–Crippen LogP) is 5.67. The Morgan fingerprint density at radius 3 is 2.78 bits per heavy atom. The normalized spacial score (nSPS) is 23.2. The molecule has 4 atom stereocenters. The van der Waals surface area contributed by atoms with Crippen LogP contribution in [0, 0.1) is 17.2 Å².